The van der Waals surface area contributed by atoms with E-state index in [0.717, 1.165) is 0 Å². The van der Waals surface area contributed by atoms with E-state index in [9.17, 15) is 10.1 Å². The third-order valence-corrected chi connectivity index (χ3v) is 2.28. The quantitative estimate of drug-likeness (QED) is 0.526. The lowest BCUT2D eigenvalue weighted by Gasteiger charge is -2.06. The molecule has 2 aromatic rings. The first kappa shape index (κ1) is 15.9. The van der Waals surface area contributed by atoms with Crippen LogP contribution in [0.5, 0.6) is 11.5 Å². The Kier molecular flexibility index (Phi) is 5.65. The van der Waals surface area contributed by atoms with Crippen LogP contribution in [0.1, 0.15) is 19.5 Å². The maximum absolute atomic E-state index is 10.7. The predicted octanol–water partition coefficient (Wildman–Crippen LogP) is 3.26. The van der Waals surface area contributed by atoms with E-state index in [4.69, 9.17) is 15.7 Å². The molecule has 21 heavy (non-hydrogen) atoms. The van der Waals surface area contributed by atoms with Gasteiger partial charge in [0, 0.05) is 12.3 Å². The molecule has 0 atom stereocenters. The van der Waals surface area contributed by atoms with E-state index >= 15 is 0 Å². The normalized spacial score (nSPS) is 9.00. The molecule has 0 saturated heterocycles. The summed E-state index contributed by atoms with van der Waals surface area (Å²) in [4.78, 5) is 13.9. The highest BCUT2D eigenvalue weighted by molar-refractivity contribution is 5.61. The zero-order valence-electron chi connectivity index (χ0n) is 11.6. The van der Waals surface area contributed by atoms with E-state index in [1.807, 2.05) is 19.9 Å². The van der Waals surface area contributed by atoms with Crippen molar-refractivity contribution >= 4 is 11.4 Å². The number of benzene rings is 1. The van der Waals surface area contributed by atoms with Gasteiger partial charge in [0.2, 0.25) is 0 Å². The first-order valence-electron chi connectivity index (χ1n) is 6.18. The summed E-state index contributed by atoms with van der Waals surface area (Å²) < 4.78 is 5.42. The number of aromatic nitrogens is 1. The summed E-state index contributed by atoms with van der Waals surface area (Å²) in [5.74, 6) is 0.626. The number of rotatable bonds is 3. The molecule has 0 aliphatic carbocycles. The van der Waals surface area contributed by atoms with Crippen LogP contribution in [0.15, 0.2) is 36.5 Å². The standard InChI is InChI=1S/C12H8N4O3.C2H6/c13-7-8-5-10(3-4-15-8)19-9-1-2-11(14)12(6-9)16(17)18;1-2/h1-6H,14H2;1-2H3. The van der Waals surface area contributed by atoms with E-state index in [1.165, 1.54) is 30.5 Å². The molecule has 2 rings (SSSR count). The summed E-state index contributed by atoms with van der Waals surface area (Å²) in [6.45, 7) is 4.00. The Bertz CT molecular complexity index is 680. The van der Waals surface area contributed by atoms with Crippen molar-refractivity contribution in [2.24, 2.45) is 0 Å². The molecule has 0 amide bonds. The van der Waals surface area contributed by atoms with E-state index < -0.39 is 4.92 Å². The Morgan fingerprint density at radius 2 is 1.95 bits per heavy atom. The van der Waals surface area contributed by atoms with Gasteiger partial charge in [0.25, 0.3) is 5.69 Å². The van der Waals surface area contributed by atoms with E-state index in [2.05, 4.69) is 4.98 Å². The van der Waals surface area contributed by atoms with Crippen molar-refractivity contribution in [1.82, 2.24) is 4.98 Å². The number of ether oxygens (including phenoxy) is 1. The molecular formula is C14H14N4O3. The second-order valence-electron chi connectivity index (χ2n) is 3.57. The van der Waals surface area contributed by atoms with E-state index in [0.29, 0.717) is 5.75 Å². The van der Waals surface area contributed by atoms with Crippen LogP contribution in [0, 0.1) is 21.4 Å². The molecule has 2 N–H and O–H groups in total. The molecule has 1 aromatic heterocycles. The Morgan fingerprint density at radius 1 is 1.29 bits per heavy atom. The number of nitrogens with two attached hydrogens (primary N) is 1. The highest BCUT2D eigenvalue weighted by atomic mass is 16.6. The molecule has 1 aromatic carbocycles. The topological polar surface area (TPSA) is 115 Å². The van der Waals surface area contributed by atoms with Crippen molar-refractivity contribution < 1.29 is 9.66 Å². The molecule has 0 bridgehead atoms. The first-order chi connectivity index (χ1) is 10.1. The predicted molar refractivity (Wildman–Crippen MR) is 77.9 cm³/mol. The number of nitro benzene ring substituents is 1. The van der Waals surface area contributed by atoms with Gasteiger partial charge in [-0.2, -0.15) is 5.26 Å². The maximum atomic E-state index is 10.7. The van der Waals surface area contributed by atoms with Gasteiger partial charge in [-0.05, 0) is 18.2 Å². The van der Waals surface area contributed by atoms with Crippen LogP contribution in [0.2, 0.25) is 0 Å². The van der Waals surface area contributed by atoms with E-state index in [1.54, 1.807) is 6.07 Å². The maximum Gasteiger partial charge on any atom is 0.295 e. The third kappa shape index (κ3) is 4.18. The van der Waals surface area contributed by atoms with Crippen LogP contribution in [0.4, 0.5) is 11.4 Å². The number of nitro groups is 1. The smallest absolute Gasteiger partial charge is 0.295 e. The molecule has 0 spiro atoms. The average Bonchev–Trinajstić information content (AvgIpc) is 2.51. The number of nitrogens with zero attached hydrogens (tertiary/aromatic N) is 3. The second-order valence-corrected chi connectivity index (χ2v) is 3.57. The molecule has 0 saturated carbocycles. The van der Waals surface area contributed by atoms with Crippen LogP contribution in [0.3, 0.4) is 0 Å². The fourth-order valence-electron chi connectivity index (χ4n) is 1.42. The van der Waals surface area contributed by atoms with Crippen LogP contribution < -0.4 is 10.5 Å². The van der Waals surface area contributed by atoms with Crippen LogP contribution in [-0.4, -0.2) is 9.91 Å². The average molecular weight is 286 g/mol. The van der Waals surface area contributed by atoms with Crippen LogP contribution >= 0.6 is 0 Å². The summed E-state index contributed by atoms with van der Waals surface area (Å²) in [7, 11) is 0. The Labute approximate surface area is 121 Å². The van der Waals surface area contributed by atoms with Crippen LogP contribution in [0.25, 0.3) is 0 Å². The zero-order valence-corrected chi connectivity index (χ0v) is 11.6. The van der Waals surface area contributed by atoms with Gasteiger partial charge in [-0.25, -0.2) is 4.98 Å². The molecule has 0 aliphatic heterocycles. The van der Waals surface area contributed by atoms with Crippen LogP contribution in [-0.2, 0) is 0 Å². The number of nitriles is 1. The second kappa shape index (κ2) is 7.45. The zero-order chi connectivity index (χ0) is 15.8. The third-order valence-electron chi connectivity index (χ3n) is 2.28. The van der Waals surface area contributed by atoms with Gasteiger partial charge in [0.15, 0.2) is 0 Å². The minimum Gasteiger partial charge on any atom is -0.457 e. The molecule has 7 heteroatoms. The molecule has 7 nitrogen and oxygen atoms in total. The minimum absolute atomic E-state index is 0.0600. The molecule has 1 heterocycles. The van der Waals surface area contributed by atoms with Crippen molar-refractivity contribution in [3.05, 3.63) is 52.3 Å². The van der Waals surface area contributed by atoms with Gasteiger partial charge >= 0.3 is 0 Å². The number of hydrogen-bond acceptors (Lipinski definition) is 6. The monoisotopic (exact) mass is 286 g/mol. The lowest BCUT2D eigenvalue weighted by atomic mass is 10.2. The van der Waals surface area contributed by atoms with Gasteiger partial charge in [-0.15, -0.1) is 0 Å². The lowest BCUT2D eigenvalue weighted by Crippen LogP contribution is -1.96. The Balaban J connectivity index is 0.00000106. The van der Waals surface area contributed by atoms with Gasteiger partial charge in [0.1, 0.15) is 28.9 Å². The molecule has 0 aliphatic rings. The van der Waals surface area contributed by atoms with Crippen molar-refractivity contribution in [3.63, 3.8) is 0 Å². The molecule has 0 fully saturated rings. The van der Waals surface area contributed by atoms with Gasteiger partial charge in [-0.1, -0.05) is 13.8 Å². The van der Waals surface area contributed by atoms with Gasteiger partial charge < -0.3 is 10.5 Å². The Hall–Kier alpha value is -3.14. The van der Waals surface area contributed by atoms with Crippen molar-refractivity contribution in [3.8, 4) is 17.6 Å². The van der Waals surface area contributed by atoms with E-state index in [-0.39, 0.29) is 22.8 Å². The fraction of sp³-hybridized carbons (Fsp3) is 0.143. The summed E-state index contributed by atoms with van der Waals surface area (Å²) in [6, 6.07) is 8.97. The highest BCUT2D eigenvalue weighted by Gasteiger charge is 2.13. The summed E-state index contributed by atoms with van der Waals surface area (Å²) >= 11 is 0. The fourth-order valence-corrected chi connectivity index (χ4v) is 1.42. The van der Waals surface area contributed by atoms with Gasteiger partial charge in [0.05, 0.1) is 11.0 Å². The first-order valence-corrected chi connectivity index (χ1v) is 6.18. The molecule has 0 radical (unpaired) electrons. The largest absolute Gasteiger partial charge is 0.457 e. The van der Waals surface area contributed by atoms with Crippen molar-refractivity contribution in [2.75, 3.05) is 5.73 Å². The Morgan fingerprint density at radius 3 is 2.57 bits per heavy atom. The lowest BCUT2D eigenvalue weighted by molar-refractivity contribution is -0.384. The number of nitrogen functional groups attached to an aromatic ring is 1. The summed E-state index contributed by atoms with van der Waals surface area (Å²) in [5.41, 5.74) is 5.51. The summed E-state index contributed by atoms with van der Waals surface area (Å²) in [6.07, 6.45) is 1.42. The van der Waals surface area contributed by atoms with Crippen molar-refractivity contribution in [1.29, 1.82) is 5.26 Å². The number of hydrogen-bond donors (Lipinski definition) is 1. The number of anilines is 1. The minimum atomic E-state index is -0.588. The molecule has 108 valence electrons. The molecular weight excluding hydrogens is 272 g/mol. The highest BCUT2D eigenvalue weighted by Crippen LogP contribution is 2.29. The SMILES string of the molecule is CC.N#Cc1cc(Oc2ccc(N)c([N+](=O)[O-])c2)ccn1. The molecule has 0 unspecified atom stereocenters. The summed E-state index contributed by atoms with van der Waals surface area (Å²) in [5, 5.41) is 19.5. The van der Waals surface area contributed by atoms with Gasteiger partial charge in [-0.3, -0.25) is 10.1 Å². The number of pyridine rings is 1. The van der Waals surface area contributed by atoms with Crippen molar-refractivity contribution in [2.45, 2.75) is 13.8 Å².